The van der Waals surface area contributed by atoms with Crippen molar-refractivity contribution >= 4 is 17.3 Å². The second-order valence-electron chi connectivity index (χ2n) is 4.74. The van der Waals surface area contributed by atoms with Crippen LogP contribution in [0, 0.1) is 6.92 Å². The van der Waals surface area contributed by atoms with E-state index in [1.54, 1.807) is 17.2 Å². The Balaban J connectivity index is 2.00. The van der Waals surface area contributed by atoms with Crippen molar-refractivity contribution in [2.45, 2.75) is 13.3 Å². The number of nitrogens with two attached hydrogens (primary N) is 1. The minimum atomic E-state index is -0.0257. The standard InChI is InChI=1S/C15H15N3O/c1-10-13(8-12(16)9-17-10)15(19)18-7-6-11-4-2-3-5-14(11)18/h2-5,8-9H,6-7,16H2,1H3. The minimum Gasteiger partial charge on any atom is -0.397 e. The van der Waals surface area contributed by atoms with Crippen molar-refractivity contribution < 1.29 is 4.79 Å². The van der Waals surface area contributed by atoms with Gasteiger partial charge in [-0.3, -0.25) is 9.78 Å². The molecule has 0 saturated heterocycles. The Morgan fingerprint density at radius 2 is 2.16 bits per heavy atom. The smallest absolute Gasteiger partial charge is 0.260 e. The lowest BCUT2D eigenvalue weighted by Gasteiger charge is -2.18. The molecule has 0 aliphatic carbocycles. The summed E-state index contributed by atoms with van der Waals surface area (Å²) in [6.45, 7) is 2.54. The molecule has 0 unspecified atom stereocenters. The summed E-state index contributed by atoms with van der Waals surface area (Å²) >= 11 is 0. The number of nitrogen functional groups attached to an aromatic ring is 1. The van der Waals surface area contributed by atoms with Gasteiger partial charge in [0.2, 0.25) is 0 Å². The van der Waals surface area contributed by atoms with Crippen LogP contribution >= 0.6 is 0 Å². The first-order chi connectivity index (χ1) is 9.16. The molecule has 1 amide bonds. The number of carbonyl (C=O) groups is 1. The first-order valence-corrected chi connectivity index (χ1v) is 6.28. The maximum Gasteiger partial charge on any atom is 0.260 e. The van der Waals surface area contributed by atoms with Crippen LogP contribution in [0.1, 0.15) is 21.6 Å². The molecule has 4 heteroatoms. The zero-order valence-corrected chi connectivity index (χ0v) is 10.8. The Kier molecular flexibility index (Phi) is 2.71. The molecular formula is C15H15N3O. The van der Waals surface area contributed by atoms with Gasteiger partial charge < -0.3 is 10.6 Å². The SMILES string of the molecule is Cc1ncc(N)cc1C(=O)N1CCc2ccccc21. The predicted molar refractivity (Wildman–Crippen MR) is 75.2 cm³/mol. The van der Waals surface area contributed by atoms with E-state index in [1.165, 1.54) is 5.56 Å². The van der Waals surface area contributed by atoms with Gasteiger partial charge in [-0.1, -0.05) is 18.2 Å². The number of rotatable bonds is 1. The van der Waals surface area contributed by atoms with Crippen LogP contribution in [0.3, 0.4) is 0 Å². The number of anilines is 2. The number of para-hydroxylation sites is 1. The van der Waals surface area contributed by atoms with Crippen molar-refractivity contribution in [3.05, 3.63) is 53.3 Å². The van der Waals surface area contributed by atoms with Crippen LogP contribution in [0.4, 0.5) is 11.4 Å². The average Bonchev–Trinajstić information content (AvgIpc) is 2.84. The van der Waals surface area contributed by atoms with Gasteiger partial charge in [-0.15, -0.1) is 0 Å². The van der Waals surface area contributed by atoms with E-state index in [0.717, 1.165) is 12.1 Å². The fourth-order valence-corrected chi connectivity index (χ4v) is 2.46. The number of aryl methyl sites for hydroxylation is 1. The van der Waals surface area contributed by atoms with Crippen molar-refractivity contribution in [3.63, 3.8) is 0 Å². The van der Waals surface area contributed by atoms with E-state index in [4.69, 9.17) is 5.73 Å². The molecule has 0 fully saturated rings. The second-order valence-corrected chi connectivity index (χ2v) is 4.74. The summed E-state index contributed by atoms with van der Waals surface area (Å²) in [5.74, 6) is -0.0257. The van der Waals surface area contributed by atoms with Gasteiger partial charge in [-0.25, -0.2) is 0 Å². The quantitative estimate of drug-likeness (QED) is 0.847. The van der Waals surface area contributed by atoms with Gasteiger partial charge in [-0.05, 0) is 31.0 Å². The highest BCUT2D eigenvalue weighted by Crippen LogP contribution is 2.29. The Labute approximate surface area is 111 Å². The maximum atomic E-state index is 12.6. The lowest BCUT2D eigenvalue weighted by molar-refractivity contribution is 0.0988. The molecule has 1 aliphatic rings. The number of fused-ring (bicyclic) bond motifs is 1. The monoisotopic (exact) mass is 253 g/mol. The van der Waals surface area contributed by atoms with Crippen LogP contribution in [-0.4, -0.2) is 17.4 Å². The number of aromatic nitrogens is 1. The fourth-order valence-electron chi connectivity index (χ4n) is 2.46. The summed E-state index contributed by atoms with van der Waals surface area (Å²) in [5, 5.41) is 0. The molecule has 0 radical (unpaired) electrons. The van der Waals surface area contributed by atoms with Crippen LogP contribution in [0.15, 0.2) is 36.5 Å². The fraction of sp³-hybridized carbons (Fsp3) is 0.200. The third kappa shape index (κ3) is 1.95. The Morgan fingerprint density at radius 3 is 3.00 bits per heavy atom. The van der Waals surface area contributed by atoms with Crippen LogP contribution in [0.5, 0.6) is 0 Å². The molecule has 4 nitrogen and oxygen atoms in total. The molecule has 19 heavy (non-hydrogen) atoms. The average molecular weight is 253 g/mol. The highest BCUT2D eigenvalue weighted by Gasteiger charge is 2.26. The van der Waals surface area contributed by atoms with Crippen LogP contribution in [-0.2, 0) is 6.42 Å². The highest BCUT2D eigenvalue weighted by molar-refractivity contribution is 6.08. The summed E-state index contributed by atoms with van der Waals surface area (Å²) in [6.07, 6.45) is 2.47. The summed E-state index contributed by atoms with van der Waals surface area (Å²) in [7, 11) is 0. The van der Waals surface area contributed by atoms with Gasteiger partial charge in [0.15, 0.2) is 0 Å². The highest BCUT2D eigenvalue weighted by atomic mass is 16.2. The molecule has 1 aliphatic heterocycles. The normalized spacial score (nSPS) is 13.4. The number of hydrogen-bond donors (Lipinski definition) is 1. The topological polar surface area (TPSA) is 59.2 Å². The first kappa shape index (κ1) is 11.7. The first-order valence-electron chi connectivity index (χ1n) is 6.28. The van der Waals surface area contributed by atoms with Crippen LogP contribution < -0.4 is 10.6 Å². The number of pyridine rings is 1. The zero-order valence-electron chi connectivity index (χ0n) is 10.8. The molecule has 2 N–H and O–H groups in total. The van der Waals surface area contributed by atoms with Gasteiger partial charge in [-0.2, -0.15) is 0 Å². The molecule has 1 aromatic heterocycles. The Morgan fingerprint density at radius 1 is 1.37 bits per heavy atom. The van der Waals surface area contributed by atoms with Crippen molar-refractivity contribution in [1.29, 1.82) is 0 Å². The van der Waals surface area contributed by atoms with Gasteiger partial charge in [0.1, 0.15) is 0 Å². The second kappa shape index (κ2) is 4.39. The molecule has 2 aromatic rings. The number of carbonyl (C=O) groups excluding carboxylic acids is 1. The Hall–Kier alpha value is -2.36. The van der Waals surface area contributed by atoms with E-state index in [0.29, 0.717) is 23.5 Å². The molecule has 3 rings (SSSR count). The zero-order chi connectivity index (χ0) is 13.4. The summed E-state index contributed by atoms with van der Waals surface area (Å²) in [5.41, 5.74) is 9.74. The third-order valence-electron chi connectivity index (χ3n) is 3.47. The van der Waals surface area contributed by atoms with E-state index in [2.05, 4.69) is 11.1 Å². The molecule has 2 heterocycles. The lowest BCUT2D eigenvalue weighted by atomic mass is 10.1. The van der Waals surface area contributed by atoms with Gasteiger partial charge in [0.25, 0.3) is 5.91 Å². The van der Waals surface area contributed by atoms with E-state index in [1.807, 2.05) is 25.1 Å². The van der Waals surface area contributed by atoms with E-state index in [-0.39, 0.29) is 5.91 Å². The van der Waals surface area contributed by atoms with E-state index >= 15 is 0 Å². The summed E-state index contributed by atoms with van der Waals surface area (Å²) in [6, 6.07) is 9.70. The number of amides is 1. The molecule has 1 aromatic carbocycles. The summed E-state index contributed by atoms with van der Waals surface area (Å²) in [4.78, 5) is 18.6. The molecular weight excluding hydrogens is 238 g/mol. The van der Waals surface area contributed by atoms with Crippen LogP contribution in [0.2, 0.25) is 0 Å². The van der Waals surface area contributed by atoms with Crippen molar-refractivity contribution in [2.75, 3.05) is 17.2 Å². The lowest BCUT2D eigenvalue weighted by Crippen LogP contribution is -2.29. The van der Waals surface area contributed by atoms with E-state index < -0.39 is 0 Å². The maximum absolute atomic E-state index is 12.6. The minimum absolute atomic E-state index is 0.0257. The van der Waals surface area contributed by atoms with Crippen molar-refractivity contribution in [2.24, 2.45) is 0 Å². The number of benzene rings is 1. The summed E-state index contributed by atoms with van der Waals surface area (Å²) < 4.78 is 0. The van der Waals surface area contributed by atoms with Crippen molar-refractivity contribution in [3.8, 4) is 0 Å². The largest absolute Gasteiger partial charge is 0.397 e. The molecule has 0 atom stereocenters. The number of hydrogen-bond acceptors (Lipinski definition) is 3. The van der Waals surface area contributed by atoms with Gasteiger partial charge >= 0.3 is 0 Å². The molecule has 0 spiro atoms. The van der Waals surface area contributed by atoms with Crippen LogP contribution in [0.25, 0.3) is 0 Å². The van der Waals surface area contributed by atoms with Crippen molar-refractivity contribution in [1.82, 2.24) is 4.98 Å². The molecule has 0 bridgehead atoms. The molecule has 0 saturated carbocycles. The van der Waals surface area contributed by atoms with E-state index in [9.17, 15) is 4.79 Å². The number of nitrogens with zero attached hydrogens (tertiary/aromatic N) is 2. The van der Waals surface area contributed by atoms with Gasteiger partial charge in [0, 0.05) is 12.2 Å². The van der Waals surface area contributed by atoms with Gasteiger partial charge in [0.05, 0.1) is 23.1 Å². The molecule has 96 valence electrons. The Bertz CT molecular complexity index is 652. The third-order valence-corrected chi connectivity index (χ3v) is 3.47. The predicted octanol–water partition coefficient (Wildman–Crippen LogP) is 2.18.